The Morgan fingerprint density at radius 1 is 1.33 bits per heavy atom. The van der Waals surface area contributed by atoms with Crippen molar-refractivity contribution in [3.8, 4) is 5.75 Å². The Morgan fingerprint density at radius 2 is 2.19 bits per heavy atom. The highest BCUT2D eigenvalue weighted by Gasteiger charge is 2.28. The molecule has 0 spiro atoms. The van der Waals surface area contributed by atoms with Crippen LogP contribution in [0.25, 0.3) is 0 Å². The van der Waals surface area contributed by atoms with Gasteiger partial charge in [0, 0.05) is 0 Å². The van der Waals surface area contributed by atoms with Crippen molar-refractivity contribution >= 4 is 11.7 Å². The molecule has 5 heteroatoms. The molecule has 110 valence electrons. The van der Waals surface area contributed by atoms with Crippen LogP contribution in [0.5, 0.6) is 5.75 Å². The summed E-state index contributed by atoms with van der Waals surface area (Å²) < 4.78 is 11.1. The van der Waals surface area contributed by atoms with Gasteiger partial charge in [-0.2, -0.15) is 0 Å². The highest BCUT2D eigenvalue weighted by Crippen LogP contribution is 2.33. The first-order valence-corrected chi connectivity index (χ1v) is 7.11. The van der Waals surface area contributed by atoms with Crippen molar-refractivity contribution in [2.24, 2.45) is 0 Å². The summed E-state index contributed by atoms with van der Waals surface area (Å²) in [6.07, 6.45) is 2.48. The fraction of sp³-hybridized carbons (Fsp3) is 0.312. The lowest BCUT2D eigenvalue weighted by Crippen LogP contribution is -2.47. The van der Waals surface area contributed by atoms with E-state index in [4.69, 9.17) is 9.15 Å². The number of fused-ring (bicyclic) bond motifs is 1. The topological polar surface area (TPSA) is 54.7 Å². The largest absolute Gasteiger partial charge is 0.486 e. The molecule has 3 rings (SSSR count). The van der Waals surface area contributed by atoms with E-state index in [2.05, 4.69) is 12.2 Å². The van der Waals surface area contributed by atoms with Crippen molar-refractivity contribution < 1.29 is 13.9 Å². The molecule has 0 bridgehead atoms. The van der Waals surface area contributed by atoms with Crippen LogP contribution >= 0.6 is 0 Å². The SMILES string of the molecule is CCC1CN(C(=O)NCc2ccco2)c2ccccc2O1. The molecule has 5 nitrogen and oxygen atoms in total. The Labute approximate surface area is 123 Å². The Bertz CT molecular complexity index is 610. The van der Waals surface area contributed by atoms with Crippen molar-refractivity contribution in [3.05, 3.63) is 48.4 Å². The number of ether oxygens (including phenoxy) is 1. The van der Waals surface area contributed by atoms with Gasteiger partial charge >= 0.3 is 6.03 Å². The highest BCUT2D eigenvalue weighted by atomic mass is 16.5. The number of carbonyl (C=O) groups excluding carboxylic acids is 1. The number of amides is 2. The molecule has 0 aliphatic carbocycles. The fourth-order valence-electron chi connectivity index (χ4n) is 2.37. The van der Waals surface area contributed by atoms with Gasteiger partial charge in [0.2, 0.25) is 0 Å². The summed E-state index contributed by atoms with van der Waals surface area (Å²) in [6, 6.07) is 11.1. The van der Waals surface area contributed by atoms with Gasteiger partial charge in [0.1, 0.15) is 17.6 Å². The number of hydrogen-bond donors (Lipinski definition) is 1. The predicted octanol–water partition coefficient (Wildman–Crippen LogP) is 3.17. The summed E-state index contributed by atoms with van der Waals surface area (Å²) >= 11 is 0. The average Bonchev–Trinajstić information content (AvgIpc) is 3.05. The number of para-hydroxylation sites is 2. The van der Waals surface area contributed by atoms with E-state index >= 15 is 0 Å². The number of benzene rings is 1. The Morgan fingerprint density at radius 3 is 2.95 bits per heavy atom. The second-order valence-electron chi connectivity index (χ2n) is 4.96. The zero-order chi connectivity index (χ0) is 14.7. The number of urea groups is 1. The number of anilines is 1. The standard InChI is InChI=1S/C16H18N2O3/c1-2-12-11-18(14-7-3-4-8-15(14)21-12)16(19)17-10-13-6-5-9-20-13/h3-9,12H,2,10-11H2,1H3,(H,17,19). The summed E-state index contributed by atoms with van der Waals surface area (Å²) in [7, 11) is 0. The molecule has 1 aromatic carbocycles. The summed E-state index contributed by atoms with van der Waals surface area (Å²) in [4.78, 5) is 14.2. The van der Waals surface area contributed by atoms with E-state index in [-0.39, 0.29) is 12.1 Å². The minimum Gasteiger partial charge on any atom is -0.486 e. The van der Waals surface area contributed by atoms with Gasteiger partial charge < -0.3 is 14.5 Å². The highest BCUT2D eigenvalue weighted by molar-refractivity contribution is 5.94. The molecule has 1 atom stereocenters. The van der Waals surface area contributed by atoms with Crippen LogP contribution in [-0.2, 0) is 6.54 Å². The number of nitrogens with zero attached hydrogens (tertiary/aromatic N) is 1. The molecule has 21 heavy (non-hydrogen) atoms. The zero-order valence-corrected chi connectivity index (χ0v) is 11.9. The Balaban J connectivity index is 1.75. The first kappa shape index (κ1) is 13.5. The van der Waals surface area contributed by atoms with Crippen LogP contribution in [0.15, 0.2) is 47.1 Å². The van der Waals surface area contributed by atoms with Gasteiger partial charge in [-0.15, -0.1) is 0 Å². The van der Waals surface area contributed by atoms with Crippen molar-refractivity contribution in [1.29, 1.82) is 0 Å². The maximum absolute atomic E-state index is 12.4. The molecule has 1 aromatic heterocycles. The summed E-state index contributed by atoms with van der Waals surface area (Å²) in [5, 5.41) is 2.88. The maximum Gasteiger partial charge on any atom is 0.322 e. The third-order valence-electron chi connectivity index (χ3n) is 3.53. The lowest BCUT2D eigenvalue weighted by atomic mass is 10.1. The van der Waals surface area contributed by atoms with Gasteiger partial charge in [0.05, 0.1) is 25.0 Å². The van der Waals surface area contributed by atoms with Crippen LogP contribution < -0.4 is 15.0 Å². The van der Waals surface area contributed by atoms with Gasteiger partial charge in [-0.3, -0.25) is 4.90 Å². The normalized spacial score (nSPS) is 17.0. The van der Waals surface area contributed by atoms with Gasteiger partial charge in [0.15, 0.2) is 0 Å². The minimum absolute atomic E-state index is 0.0225. The predicted molar refractivity (Wildman–Crippen MR) is 79.4 cm³/mol. The maximum atomic E-state index is 12.4. The smallest absolute Gasteiger partial charge is 0.322 e. The van der Waals surface area contributed by atoms with Crippen LogP contribution in [-0.4, -0.2) is 18.7 Å². The van der Waals surface area contributed by atoms with E-state index in [0.29, 0.717) is 13.1 Å². The zero-order valence-electron chi connectivity index (χ0n) is 11.9. The van der Waals surface area contributed by atoms with E-state index in [1.807, 2.05) is 30.3 Å². The lowest BCUT2D eigenvalue weighted by molar-refractivity contribution is 0.186. The number of nitrogens with one attached hydrogen (secondary N) is 1. The van der Waals surface area contributed by atoms with E-state index in [1.165, 1.54) is 0 Å². The van der Waals surface area contributed by atoms with E-state index in [1.54, 1.807) is 17.2 Å². The summed E-state index contributed by atoms with van der Waals surface area (Å²) in [5.41, 5.74) is 0.805. The van der Waals surface area contributed by atoms with Crippen LogP contribution in [0.3, 0.4) is 0 Å². The fourth-order valence-corrected chi connectivity index (χ4v) is 2.37. The molecular weight excluding hydrogens is 268 g/mol. The molecule has 2 heterocycles. The number of furan rings is 1. The van der Waals surface area contributed by atoms with E-state index in [9.17, 15) is 4.79 Å². The van der Waals surface area contributed by atoms with Crippen molar-refractivity contribution in [2.45, 2.75) is 26.0 Å². The van der Waals surface area contributed by atoms with Crippen LogP contribution in [0.4, 0.5) is 10.5 Å². The molecule has 1 aliphatic rings. The number of rotatable bonds is 3. The Kier molecular flexibility index (Phi) is 3.81. The quantitative estimate of drug-likeness (QED) is 0.943. The van der Waals surface area contributed by atoms with Crippen molar-refractivity contribution in [2.75, 3.05) is 11.4 Å². The third-order valence-corrected chi connectivity index (χ3v) is 3.53. The summed E-state index contributed by atoms with van der Waals surface area (Å²) in [6.45, 7) is 2.98. The molecule has 1 aliphatic heterocycles. The van der Waals surface area contributed by atoms with Gasteiger partial charge in [-0.05, 0) is 30.7 Å². The van der Waals surface area contributed by atoms with Crippen LogP contribution in [0, 0.1) is 0 Å². The van der Waals surface area contributed by atoms with Gasteiger partial charge in [0.25, 0.3) is 0 Å². The second kappa shape index (κ2) is 5.91. The van der Waals surface area contributed by atoms with E-state index < -0.39 is 0 Å². The molecule has 0 fully saturated rings. The molecule has 0 radical (unpaired) electrons. The van der Waals surface area contributed by atoms with Crippen molar-refractivity contribution in [1.82, 2.24) is 5.32 Å². The molecular formula is C16H18N2O3. The van der Waals surface area contributed by atoms with Gasteiger partial charge in [-0.1, -0.05) is 19.1 Å². The number of carbonyl (C=O) groups is 1. The second-order valence-corrected chi connectivity index (χ2v) is 4.96. The van der Waals surface area contributed by atoms with Crippen LogP contribution in [0.1, 0.15) is 19.1 Å². The molecule has 0 saturated carbocycles. The molecule has 1 N–H and O–H groups in total. The van der Waals surface area contributed by atoms with Crippen LogP contribution in [0.2, 0.25) is 0 Å². The molecule has 2 amide bonds. The van der Waals surface area contributed by atoms with Crippen molar-refractivity contribution in [3.63, 3.8) is 0 Å². The first-order chi connectivity index (χ1) is 10.3. The third kappa shape index (κ3) is 2.86. The average molecular weight is 286 g/mol. The number of hydrogen-bond acceptors (Lipinski definition) is 3. The molecule has 1 unspecified atom stereocenters. The molecule has 0 saturated heterocycles. The minimum atomic E-state index is -0.138. The summed E-state index contributed by atoms with van der Waals surface area (Å²) in [5.74, 6) is 1.49. The first-order valence-electron chi connectivity index (χ1n) is 7.11. The Hall–Kier alpha value is -2.43. The van der Waals surface area contributed by atoms with Gasteiger partial charge in [-0.25, -0.2) is 4.79 Å². The molecule has 2 aromatic rings. The van der Waals surface area contributed by atoms with E-state index in [0.717, 1.165) is 23.6 Å². The monoisotopic (exact) mass is 286 g/mol. The lowest BCUT2D eigenvalue weighted by Gasteiger charge is -2.34.